The second-order valence-corrected chi connectivity index (χ2v) is 7.41. The Morgan fingerprint density at radius 1 is 0.857 bits per heavy atom. The van der Waals surface area contributed by atoms with Gasteiger partial charge in [-0.2, -0.15) is 0 Å². The lowest BCUT2D eigenvalue weighted by molar-refractivity contribution is 0.303. The minimum atomic E-state index is 0.682. The van der Waals surface area contributed by atoms with Crippen LogP contribution in [-0.4, -0.2) is 16.2 Å². The molecule has 3 aromatic carbocycles. The van der Waals surface area contributed by atoms with E-state index >= 15 is 0 Å². The molecule has 0 saturated heterocycles. The lowest BCUT2D eigenvalue weighted by atomic mass is 10.1. The lowest BCUT2D eigenvalue weighted by Gasteiger charge is -2.12. The summed E-state index contributed by atoms with van der Waals surface area (Å²) in [5, 5.41) is 0. The molecule has 0 spiro atoms. The molecule has 0 aliphatic rings. The van der Waals surface area contributed by atoms with Gasteiger partial charge in [0.25, 0.3) is 0 Å². The lowest BCUT2D eigenvalue weighted by Crippen LogP contribution is -2.06. The van der Waals surface area contributed by atoms with Crippen molar-refractivity contribution in [1.29, 1.82) is 0 Å². The van der Waals surface area contributed by atoms with E-state index in [9.17, 15) is 0 Å². The maximum Gasteiger partial charge on any atom is 0.141 e. The Kier molecular flexibility index (Phi) is 5.16. The Bertz CT molecular complexity index is 1090. The smallest absolute Gasteiger partial charge is 0.141 e. The summed E-state index contributed by atoms with van der Waals surface area (Å²) < 4.78 is 8.25. The standard InChI is InChI=1S/C25H26N2O/c1-18-9-12-21(13-10-18)28-16-6-15-27-24-8-5-4-7-23(24)26-25(27)22-14-11-19(2)17-20(22)3/h4-5,7-14,17H,6,15-16H2,1-3H3. The van der Waals surface area contributed by atoms with Gasteiger partial charge in [0.2, 0.25) is 0 Å². The number of rotatable bonds is 6. The van der Waals surface area contributed by atoms with Gasteiger partial charge in [-0.3, -0.25) is 0 Å². The Morgan fingerprint density at radius 2 is 1.61 bits per heavy atom. The van der Waals surface area contributed by atoms with Gasteiger partial charge in [-0.1, -0.05) is 53.6 Å². The highest BCUT2D eigenvalue weighted by molar-refractivity contribution is 5.81. The van der Waals surface area contributed by atoms with Crippen molar-refractivity contribution in [2.24, 2.45) is 0 Å². The summed E-state index contributed by atoms with van der Waals surface area (Å²) in [6.07, 6.45) is 0.923. The van der Waals surface area contributed by atoms with Crippen LogP contribution in [0.15, 0.2) is 66.7 Å². The van der Waals surface area contributed by atoms with Gasteiger partial charge in [0.05, 0.1) is 17.6 Å². The molecule has 3 heteroatoms. The Hall–Kier alpha value is -3.07. The highest BCUT2D eigenvalue weighted by Gasteiger charge is 2.14. The zero-order valence-electron chi connectivity index (χ0n) is 16.8. The molecule has 28 heavy (non-hydrogen) atoms. The number of ether oxygens (including phenoxy) is 1. The molecule has 0 aliphatic heterocycles. The van der Waals surface area contributed by atoms with Crippen LogP contribution in [0.2, 0.25) is 0 Å². The molecule has 3 nitrogen and oxygen atoms in total. The number of aryl methyl sites for hydroxylation is 4. The Morgan fingerprint density at radius 3 is 2.39 bits per heavy atom. The van der Waals surface area contributed by atoms with Crippen molar-refractivity contribution >= 4 is 11.0 Å². The number of hydrogen-bond donors (Lipinski definition) is 0. The van der Waals surface area contributed by atoms with E-state index in [4.69, 9.17) is 9.72 Å². The summed E-state index contributed by atoms with van der Waals surface area (Å²) in [6.45, 7) is 7.92. The van der Waals surface area contributed by atoms with Gasteiger partial charge >= 0.3 is 0 Å². The summed E-state index contributed by atoms with van der Waals surface area (Å²) in [6, 6.07) is 23.1. The van der Waals surface area contributed by atoms with E-state index in [1.807, 2.05) is 18.2 Å². The molecule has 0 amide bonds. The van der Waals surface area contributed by atoms with Crippen LogP contribution in [0.3, 0.4) is 0 Å². The van der Waals surface area contributed by atoms with E-state index in [0.29, 0.717) is 6.61 Å². The average molecular weight is 370 g/mol. The molecule has 0 radical (unpaired) electrons. The van der Waals surface area contributed by atoms with Crippen LogP contribution in [0.1, 0.15) is 23.1 Å². The first-order valence-corrected chi connectivity index (χ1v) is 9.84. The molecule has 0 fully saturated rings. The zero-order valence-corrected chi connectivity index (χ0v) is 16.8. The number of aromatic nitrogens is 2. The van der Waals surface area contributed by atoms with E-state index in [-0.39, 0.29) is 0 Å². The van der Waals surface area contributed by atoms with Gasteiger partial charge in [-0.15, -0.1) is 0 Å². The summed E-state index contributed by atoms with van der Waals surface area (Å²) in [4.78, 5) is 4.94. The van der Waals surface area contributed by atoms with Gasteiger partial charge in [0.15, 0.2) is 0 Å². The normalized spacial score (nSPS) is 11.1. The van der Waals surface area contributed by atoms with Crippen molar-refractivity contribution in [2.45, 2.75) is 33.7 Å². The first-order valence-electron chi connectivity index (χ1n) is 9.84. The molecule has 1 heterocycles. The maximum atomic E-state index is 5.92. The molecular formula is C25H26N2O. The van der Waals surface area contributed by atoms with Crippen molar-refractivity contribution in [2.75, 3.05) is 6.61 Å². The SMILES string of the molecule is Cc1ccc(OCCCn2c(-c3ccc(C)cc3C)nc3ccccc32)cc1. The van der Waals surface area contributed by atoms with Crippen LogP contribution in [0, 0.1) is 20.8 Å². The van der Waals surface area contributed by atoms with Gasteiger partial charge in [-0.05, 0) is 57.0 Å². The topological polar surface area (TPSA) is 27.1 Å². The molecule has 1 aromatic heterocycles. The summed E-state index contributed by atoms with van der Waals surface area (Å²) in [7, 11) is 0. The number of nitrogens with zero attached hydrogens (tertiary/aromatic N) is 2. The quantitative estimate of drug-likeness (QED) is 0.384. The molecule has 0 aliphatic carbocycles. The molecule has 0 unspecified atom stereocenters. The number of imidazole rings is 1. The van der Waals surface area contributed by atoms with Crippen molar-refractivity contribution in [3.8, 4) is 17.1 Å². The largest absolute Gasteiger partial charge is 0.494 e. The van der Waals surface area contributed by atoms with Gasteiger partial charge in [-0.25, -0.2) is 4.98 Å². The zero-order chi connectivity index (χ0) is 19.5. The molecule has 4 aromatic rings. The van der Waals surface area contributed by atoms with Gasteiger partial charge in [0.1, 0.15) is 11.6 Å². The number of fused-ring (bicyclic) bond motifs is 1. The fraction of sp³-hybridized carbons (Fsp3) is 0.240. The van der Waals surface area contributed by atoms with Crippen molar-refractivity contribution in [1.82, 2.24) is 9.55 Å². The van der Waals surface area contributed by atoms with E-state index in [1.54, 1.807) is 0 Å². The number of para-hydroxylation sites is 2. The molecule has 0 atom stereocenters. The number of hydrogen-bond acceptors (Lipinski definition) is 2. The van der Waals surface area contributed by atoms with E-state index in [2.05, 4.69) is 73.9 Å². The third-order valence-corrected chi connectivity index (χ3v) is 5.09. The third kappa shape index (κ3) is 3.79. The molecular weight excluding hydrogens is 344 g/mol. The van der Waals surface area contributed by atoms with Crippen LogP contribution in [-0.2, 0) is 6.54 Å². The van der Waals surface area contributed by atoms with Crippen LogP contribution in [0.5, 0.6) is 5.75 Å². The first-order chi connectivity index (χ1) is 13.6. The molecule has 142 valence electrons. The van der Waals surface area contributed by atoms with Crippen molar-refractivity contribution in [3.63, 3.8) is 0 Å². The van der Waals surface area contributed by atoms with Crippen molar-refractivity contribution in [3.05, 3.63) is 83.4 Å². The Labute approximate surface area is 166 Å². The Balaban J connectivity index is 1.57. The number of benzene rings is 3. The van der Waals surface area contributed by atoms with Gasteiger partial charge < -0.3 is 9.30 Å². The fourth-order valence-electron chi connectivity index (χ4n) is 3.62. The van der Waals surface area contributed by atoms with E-state index in [0.717, 1.165) is 30.1 Å². The summed E-state index contributed by atoms with van der Waals surface area (Å²) in [5.41, 5.74) is 7.18. The van der Waals surface area contributed by atoms with Gasteiger partial charge in [0, 0.05) is 12.1 Å². The summed E-state index contributed by atoms with van der Waals surface area (Å²) in [5.74, 6) is 1.96. The van der Waals surface area contributed by atoms with Crippen LogP contribution in [0.25, 0.3) is 22.4 Å². The second kappa shape index (κ2) is 7.89. The molecule has 0 N–H and O–H groups in total. The monoisotopic (exact) mass is 370 g/mol. The van der Waals surface area contributed by atoms with Crippen LogP contribution >= 0.6 is 0 Å². The minimum absolute atomic E-state index is 0.682. The van der Waals surface area contributed by atoms with Crippen LogP contribution < -0.4 is 4.74 Å². The van der Waals surface area contributed by atoms with Crippen LogP contribution in [0.4, 0.5) is 0 Å². The maximum absolute atomic E-state index is 5.92. The third-order valence-electron chi connectivity index (χ3n) is 5.09. The highest BCUT2D eigenvalue weighted by Crippen LogP contribution is 2.28. The average Bonchev–Trinajstić information content (AvgIpc) is 3.05. The molecule has 4 rings (SSSR count). The predicted molar refractivity (Wildman–Crippen MR) is 116 cm³/mol. The minimum Gasteiger partial charge on any atom is -0.494 e. The van der Waals surface area contributed by atoms with E-state index in [1.165, 1.54) is 27.8 Å². The predicted octanol–water partition coefficient (Wildman–Crippen LogP) is 6.10. The molecule has 0 saturated carbocycles. The van der Waals surface area contributed by atoms with Crippen molar-refractivity contribution < 1.29 is 4.74 Å². The highest BCUT2D eigenvalue weighted by atomic mass is 16.5. The molecule has 0 bridgehead atoms. The fourth-order valence-corrected chi connectivity index (χ4v) is 3.62. The summed E-state index contributed by atoms with van der Waals surface area (Å²) >= 11 is 0. The van der Waals surface area contributed by atoms with E-state index < -0.39 is 0 Å². The first kappa shape index (κ1) is 18.3. The second-order valence-electron chi connectivity index (χ2n) is 7.41.